The summed E-state index contributed by atoms with van der Waals surface area (Å²) in [7, 11) is 0. The summed E-state index contributed by atoms with van der Waals surface area (Å²) in [6.45, 7) is 0.908. The van der Waals surface area contributed by atoms with E-state index in [1.807, 2.05) is 0 Å². The molecule has 0 fully saturated rings. The predicted octanol–water partition coefficient (Wildman–Crippen LogP) is 3.26. The first-order valence-corrected chi connectivity index (χ1v) is 8.49. The largest absolute Gasteiger partial charge is 0.383 e. The number of nitrogens with two attached hydrogens (primary N) is 1. The highest BCUT2D eigenvalue weighted by atomic mass is 35.5. The van der Waals surface area contributed by atoms with Crippen LogP contribution >= 0.6 is 22.9 Å². The molecule has 0 radical (unpaired) electrons. The number of anilines is 1. The molecule has 5 nitrogen and oxygen atoms in total. The Morgan fingerprint density at radius 1 is 1.38 bits per heavy atom. The topological polar surface area (TPSA) is 72.1 Å². The van der Waals surface area contributed by atoms with Crippen LogP contribution in [0.15, 0.2) is 24.5 Å². The van der Waals surface area contributed by atoms with E-state index in [9.17, 15) is 9.18 Å². The van der Waals surface area contributed by atoms with Crippen molar-refractivity contribution in [2.45, 2.75) is 13.0 Å². The van der Waals surface area contributed by atoms with Crippen LogP contribution in [0.25, 0.3) is 10.2 Å². The quantitative estimate of drug-likeness (QED) is 0.721. The predicted molar refractivity (Wildman–Crippen MR) is 91.7 cm³/mol. The number of nitrogens with zero attached hydrogens (tertiary/aromatic N) is 3. The Balaban J connectivity index is 1.68. The Morgan fingerprint density at radius 2 is 2.21 bits per heavy atom. The van der Waals surface area contributed by atoms with E-state index in [4.69, 9.17) is 17.3 Å². The van der Waals surface area contributed by atoms with Gasteiger partial charge in [0.1, 0.15) is 22.8 Å². The molecule has 0 aliphatic carbocycles. The van der Waals surface area contributed by atoms with E-state index in [1.54, 1.807) is 4.90 Å². The fraction of sp³-hybridized carbons (Fsp3) is 0.188. The van der Waals surface area contributed by atoms with Gasteiger partial charge in [-0.25, -0.2) is 14.4 Å². The van der Waals surface area contributed by atoms with Crippen molar-refractivity contribution in [3.8, 4) is 0 Å². The molecule has 0 saturated carbocycles. The first kappa shape index (κ1) is 15.3. The van der Waals surface area contributed by atoms with E-state index >= 15 is 0 Å². The first-order valence-electron chi connectivity index (χ1n) is 7.29. The van der Waals surface area contributed by atoms with E-state index in [-0.39, 0.29) is 16.5 Å². The monoisotopic (exact) mass is 362 g/mol. The number of hydrogen-bond donors (Lipinski definition) is 1. The average molecular weight is 363 g/mol. The molecule has 0 unspecified atom stereocenters. The van der Waals surface area contributed by atoms with Crippen LogP contribution < -0.4 is 5.73 Å². The fourth-order valence-corrected chi connectivity index (χ4v) is 4.33. The van der Waals surface area contributed by atoms with E-state index < -0.39 is 5.82 Å². The molecular weight excluding hydrogens is 351 g/mol. The fourth-order valence-electron chi connectivity index (χ4n) is 2.96. The molecule has 0 bridgehead atoms. The Morgan fingerprint density at radius 3 is 3.00 bits per heavy atom. The van der Waals surface area contributed by atoms with Crippen LogP contribution in [-0.2, 0) is 13.0 Å². The van der Waals surface area contributed by atoms with Crippen LogP contribution in [0.3, 0.4) is 0 Å². The molecule has 4 rings (SSSR count). The van der Waals surface area contributed by atoms with Gasteiger partial charge in [0.05, 0.1) is 17.5 Å². The molecule has 0 atom stereocenters. The zero-order valence-electron chi connectivity index (χ0n) is 12.4. The maximum absolute atomic E-state index is 14.0. The zero-order chi connectivity index (χ0) is 16.8. The second-order valence-corrected chi connectivity index (χ2v) is 7.06. The smallest absolute Gasteiger partial charge is 0.257 e. The summed E-state index contributed by atoms with van der Waals surface area (Å²) in [6.07, 6.45) is 2.08. The van der Waals surface area contributed by atoms with Crippen molar-refractivity contribution in [2.75, 3.05) is 12.3 Å². The Hall–Kier alpha value is -2.25. The zero-order valence-corrected chi connectivity index (χ0v) is 14.0. The lowest BCUT2D eigenvalue weighted by molar-refractivity contribution is 0.0732. The summed E-state index contributed by atoms with van der Waals surface area (Å²) in [6, 6.07) is 4.09. The third-order valence-corrected chi connectivity index (χ3v) is 5.47. The van der Waals surface area contributed by atoms with Gasteiger partial charge in [0.15, 0.2) is 0 Å². The number of hydrogen-bond acceptors (Lipinski definition) is 5. The maximum atomic E-state index is 14.0. The van der Waals surface area contributed by atoms with Gasteiger partial charge in [-0.2, -0.15) is 0 Å². The lowest BCUT2D eigenvalue weighted by Crippen LogP contribution is -2.35. The minimum Gasteiger partial charge on any atom is -0.383 e. The van der Waals surface area contributed by atoms with Crippen molar-refractivity contribution in [2.24, 2.45) is 0 Å². The summed E-state index contributed by atoms with van der Waals surface area (Å²) in [4.78, 5) is 24.4. The number of nitrogen functional groups attached to an aromatic ring is 1. The second-order valence-electron chi connectivity index (χ2n) is 5.54. The standard InChI is InChI=1S/C16H12ClFN4OS/c17-8-1-2-9(11(18)5-8)16(23)22-4-3-10-12(6-22)24-15-13(10)14(19)20-7-21-15/h1-2,5,7H,3-4,6H2,(H2,19,20,21). The van der Waals surface area contributed by atoms with Gasteiger partial charge in [-0.3, -0.25) is 4.79 Å². The van der Waals surface area contributed by atoms with Crippen molar-refractivity contribution in [3.05, 3.63) is 51.4 Å². The average Bonchev–Trinajstić information content (AvgIpc) is 2.93. The normalized spacial score (nSPS) is 14.0. The van der Waals surface area contributed by atoms with Crippen LogP contribution in [0.5, 0.6) is 0 Å². The van der Waals surface area contributed by atoms with Gasteiger partial charge in [0.25, 0.3) is 5.91 Å². The summed E-state index contributed by atoms with van der Waals surface area (Å²) >= 11 is 7.24. The van der Waals surface area contributed by atoms with Gasteiger partial charge in [-0.1, -0.05) is 11.6 Å². The number of thiophene rings is 1. The molecule has 0 spiro atoms. The van der Waals surface area contributed by atoms with Crippen molar-refractivity contribution < 1.29 is 9.18 Å². The van der Waals surface area contributed by atoms with Gasteiger partial charge >= 0.3 is 0 Å². The number of carbonyl (C=O) groups is 1. The summed E-state index contributed by atoms with van der Waals surface area (Å²) in [5.41, 5.74) is 7.08. The highest BCUT2D eigenvalue weighted by Crippen LogP contribution is 2.36. The van der Waals surface area contributed by atoms with E-state index in [1.165, 1.54) is 29.8 Å². The Labute approximate surface area is 145 Å². The molecule has 3 aromatic rings. The van der Waals surface area contributed by atoms with Crippen molar-refractivity contribution in [3.63, 3.8) is 0 Å². The van der Waals surface area contributed by atoms with Crippen LogP contribution in [0.4, 0.5) is 10.2 Å². The molecule has 8 heteroatoms. The summed E-state index contributed by atoms with van der Waals surface area (Å²) in [5.74, 6) is -0.489. The molecule has 2 N–H and O–H groups in total. The number of rotatable bonds is 1. The number of halogens is 2. The van der Waals surface area contributed by atoms with Crippen molar-refractivity contribution in [1.29, 1.82) is 0 Å². The van der Waals surface area contributed by atoms with Crippen LogP contribution in [0.1, 0.15) is 20.8 Å². The minimum atomic E-state index is -0.607. The van der Waals surface area contributed by atoms with E-state index in [0.717, 1.165) is 26.7 Å². The molecule has 0 saturated heterocycles. The lowest BCUT2D eigenvalue weighted by Gasteiger charge is -2.27. The minimum absolute atomic E-state index is 0.0308. The molecule has 122 valence electrons. The van der Waals surface area contributed by atoms with Crippen LogP contribution in [-0.4, -0.2) is 27.3 Å². The number of carbonyl (C=O) groups excluding carboxylic acids is 1. The van der Waals surface area contributed by atoms with Crippen LogP contribution in [0, 0.1) is 5.82 Å². The Bertz CT molecular complexity index is 974. The number of amides is 1. The highest BCUT2D eigenvalue weighted by Gasteiger charge is 2.27. The Kier molecular flexibility index (Phi) is 3.62. The highest BCUT2D eigenvalue weighted by molar-refractivity contribution is 7.19. The van der Waals surface area contributed by atoms with Crippen molar-refractivity contribution in [1.82, 2.24) is 14.9 Å². The van der Waals surface area contributed by atoms with E-state index in [0.29, 0.717) is 25.3 Å². The third-order valence-electron chi connectivity index (χ3n) is 4.11. The molecule has 24 heavy (non-hydrogen) atoms. The van der Waals surface area contributed by atoms with E-state index in [2.05, 4.69) is 9.97 Å². The SMILES string of the molecule is Nc1ncnc2sc3c(c12)CCN(C(=O)c1ccc(Cl)cc1F)C3. The molecule has 1 amide bonds. The third kappa shape index (κ3) is 2.40. The molecule has 3 heterocycles. The molecule has 1 aliphatic heterocycles. The van der Waals surface area contributed by atoms with Crippen LogP contribution in [0.2, 0.25) is 5.02 Å². The molecule has 1 aliphatic rings. The number of aromatic nitrogens is 2. The number of fused-ring (bicyclic) bond motifs is 3. The van der Waals surface area contributed by atoms with Gasteiger partial charge in [-0.05, 0) is 30.2 Å². The first-order chi connectivity index (χ1) is 11.5. The van der Waals surface area contributed by atoms with Gasteiger partial charge < -0.3 is 10.6 Å². The lowest BCUT2D eigenvalue weighted by atomic mass is 10.0. The molecule has 2 aromatic heterocycles. The van der Waals surface area contributed by atoms with Gasteiger partial charge in [-0.15, -0.1) is 11.3 Å². The van der Waals surface area contributed by atoms with Gasteiger partial charge in [0, 0.05) is 16.4 Å². The maximum Gasteiger partial charge on any atom is 0.257 e. The second kappa shape index (κ2) is 5.68. The summed E-state index contributed by atoms with van der Waals surface area (Å²) < 4.78 is 14.0. The van der Waals surface area contributed by atoms with Crippen molar-refractivity contribution >= 4 is 44.9 Å². The number of benzene rings is 1. The summed E-state index contributed by atoms with van der Waals surface area (Å²) in [5, 5.41) is 1.14. The molecule has 1 aromatic carbocycles. The van der Waals surface area contributed by atoms with Gasteiger partial charge in [0.2, 0.25) is 0 Å². The molecular formula is C16H12ClFN4OS.